The summed E-state index contributed by atoms with van der Waals surface area (Å²) in [5, 5.41) is 10.1. The zero-order valence-corrected chi connectivity index (χ0v) is 10.3. The van der Waals surface area contributed by atoms with Crippen molar-refractivity contribution in [3.05, 3.63) is 29.6 Å². The Morgan fingerprint density at radius 2 is 2.29 bits per heavy atom. The van der Waals surface area contributed by atoms with E-state index in [9.17, 15) is 9.50 Å². The van der Waals surface area contributed by atoms with Gasteiger partial charge in [0.05, 0.1) is 6.10 Å². The quantitative estimate of drug-likeness (QED) is 0.835. The molecular weight excluding hydrogens is 239 g/mol. The van der Waals surface area contributed by atoms with Gasteiger partial charge in [-0.3, -0.25) is 0 Å². The number of hydrogen-bond acceptors (Lipinski definition) is 3. The summed E-state index contributed by atoms with van der Waals surface area (Å²) >= 11 is 1.94. The molecule has 0 spiro atoms. The fourth-order valence-electron chi connectivity index (χ4n) is 2.58. The van der Waals surface area contributed by atoms with E-state index in [0.29, 0.717) is 23.7 Å². The van der Waals surface area contributed by atoms with E-state index >= 15 is 0 Å². The molecule has 4 heteroatoms. The maximum Gasteiger partial charge on any atom is 0.125 e. The van der Waals surface area contributed by atoms with Crippen molar-refractivity contribution >= 4 is 11.8 Å². The lowest BCUT2D eigenvalue weighted by atomic mass is 9.91. The van der Waals surface area contributed by atoms with Crippen molar-refractivity contribution in [1.82, 2.24) is 0 Å². The van der Waals surface area contributed by atoms with E-state index in [1.165, 1.54) is 17.9 Å². The van der Waals surface area contributed by atoms with Crippen molar-refractivity contribution in [3.8, 4) is 5.75 Å². The van der Waals surface area contributed by atoms with Crippen LogP contribution in [0.5, 0.6) is 5.75 Å². The first-order valence-electron chi connectivity index (χ1n) is 5.96. The molecule has 92 valence electrons. The lowest BCUT2D eigenvalue weighted by molar-refractivity contribution is 0.0399. The zero-order valence-electron chi connectivity index (χ0n) is 9.43. The molecule has 0 aromatic heterocycles. The van der Waals surface area contributed by atoms with Crippen molar-refractivity contribution < 1.29 is 14.2 Å². The summed E-state index contributed by atoms with van der Waals surface area (Å²) in [7, 11) is 0. The number of hydrogen-bond donors (Lipinski definition) is 1. The van der Waals surface area contributed by atoms with Crippen molar-refractivity contribution in [2.24, 2.45) is 5.92 Å². The maximum atomic E-state index is 13.1. The lowest BCUT2D eigenvalue weighted by Crippen LogP contribution is -2.32. The van der Waals surface area contributed by atoms with E-state index in [1.54, 1.807) is 6.07 Å². The molecular formula is C13H15FO2S. The number of thioether (sulfide) groups is 1. The van der Waals surface area contributed by atoms with Gasteiger partial charge in [-0.25, -0.2) is 4.39 Å². The van der Waals surface area contributed by atoms with Gasteiger partial charge in [0.2, 0.25) is 0 Å². The van der Waals surface area contributed by atoms with Crippen LogP contribution in [0, 0.1) is 11.7 Å². The molecule has 17 heavy (non-hydrogen) atoms. The van der Waals surface area contributed by atoms with Gasteiger partial charge in [-0.15, -0.1) is 0 Å². The number of benzene rings is 1. The summed E-state index contributed by atoms with van der Waals surface area (Å²) in [4.78, 5) is 0. The largest absolute Gasteiger partial charge is 0.490 e. The van der Waals surface area contributed by atoms with Crippen LogP contribution in [0.1, 0.15) is 24.5 Å². The summed E-state index contributed by atoms with van der Waals surface area (Å²) < 4.78 is 19.0. The number of aliphatic hydroxyl groups excluding tert-OH is 1. The predicted molar refractivity (Wildman–Crippen MR) is 65.8 cm³/mol. The standard InChI is InChI=1S/C13H15FO2S/c14-9-1-2-12-10(5-9)11(15)6-13(16-12)8-3-4-17-7-8/h1-2,5,8,11,13,15H,3-4,6-7H2/t8?,11-,13?/m1/s1. The molecule has 2 nitrogen and oxygen atoms in total. The van der Waals surface area contributed by atoms with Gasteiger partial charge in [-0.2, -0.15) is 11.8 Å². The van der Waals surface area contributed by atoms with Gasteiger partial charge in [-0.05, 0) is 36.1 Å². The molecule has 2 unspecified atom stereocenters. The van der Waals surface area contributed by atoms with Crippen LogP contribution in [0.25, 0.3) is 0 Å². The lowest BCUT2D eigenvalue weighted by Gasteiger charge is -2.32. The van der Waals surface area contributed by atoms with Gasteiger partial charge in [0.25, 0.3) is 0 Å². The Hall–Kier alpha value is -0.740. The number of rotatable bonds is 1. The zero-order chi connectivity index (χ0) is 11.8. The number of aliphatic hydroxyl groups is 1. The first-order chi connectivity index (χ1) is 8.24. The van der Waals surface area contributed by atoms with Crippen molar-refractivity contribution in [2.75, 3.05) is 11.5 Å². The molecule has 3 rings (SSSR count). The third-order valence-corrected chi connectivity index (χ3v) is 4.74. The average molecular weight is 254 g/mol. The molecule has 0 radical (unpaired) electrons. The first kappa shape index (κ1) is 11.4. The Kier molecular flexibility index (Phi) is 3.01. The Morgan fingerprint density at radius 1 is 1.41 bits per heavy atom. The van der Waals surface area contributed by atoms with Gasteiger partial charge in [0, 0.05) is 17.9 Å². The third kappa shape index (κ3) is 2.16. The van der Waals surface area contributed by atoms with Crippen LogP contribution in [-0.4, -0.2) is 22.7 Å². The predicted octanol–water partition coefficient (Wildman–Crippen LogP) is 2.76. The van der Waals surface area contributed by atoms with E-state index in [0.717, 1.165) is 12.2 Å². The summed E-state index contributed by atoms with van der Waals surface area (Å²) in [6.45, 7) is 0. The number of ether oxygens (including phenoxy) is 1. The minimum absolute atomic E-state index is 0.0814. The van der Waals surface area contributed by atoms with Gasteiger partial charge in [0.1, 0.15) is 17.7 Å². The summed E-state index contributed by atoms with van der Waals surface area (Å²) in [5.74, 6) is 3.13. The normalized spacial score (nSPS) is 32.0. The van der Waals surface area contributed by atoms with Crippen LogP contribution < -0.4 is 4.74 Å². The second-order valence-electron chi connectivity index (χ2n) is 4.71. The molecule has 1 N–H and O–H groups in total. The second kappa shape index (κ2) is 4.50. The van der Waals surface area contributed by atoms with Crippen LogP contribution in [-0.2, 0) is 0 Å². The molecule has 0 saturated carbocycles. The van der Waals surface area contributed by atoms with Crippen molar-refractivity contribution in [1.29, 1.82) is 0 Å². The SMILES string of the molecule is O[C@@H]1CC(C2CCSC2)Oc2ccc(F)cc21. The Balaban J connectivity index is 1.84. The highest BCUT2D eigenvalue weighted by atomic mass is 32.2. The van der Waals surface area contributed by atoms with Crippen molar-refractivity contribution in [2.45, 2.75) is 25.0 Å². The molecule has 3 atom stereocenters. The fraction of sp³-hybridized carbons (Fsp3) is 0.538. The molecule has 2 aliphatic rings. The molecule has 2 aliphatic heterocycles. The highest BCUT2D eigenvalue weighted by Crippen LogP contribution is 2.40. The van der Waals surface area contributed by atoms with E-state index < -0.39 is 6.10 Å². The topological polar surface area (TPSA) is 29.5 Å². The van der Waals surface area contributed by atoms with Gasteiger partial charge in [-0.1, -0.05) is 0 Å². The summed E-state index contributed by atoms with van der Waals surface area (Å²) in [5.41, 5.74) is 0.590. The van der Waals surface area contributed by atoms with Crippen LogP contribution in [0.2, 0.25) is 0 Å². The highest BCUT2D eigenvalue weighted by molar-refractivity contribution is 7.99. The molecule has 1 saturated heterocycles. The van der Waals surface area contributed by atoms with E-state index in [1.807, 2.05) is 11.8 Å². The van der Waals surface area contributed by atoms with Crippen LogP contribution >= 0.6 is 11.8 Å². The molecule has 1 fully saturated rings. The highest BCUT2D eigenvalue weighted by Gasteiger charge is 2.34. The average Bonchev–Trinajstić information content (AvgIpc) is 2.83. The molecule has 0 bridgehead atoms. The summed E-state index contributed by atoms with van der Waals surface area (Å²) in [6, 6.07) is 4.39. The minimum atomic E-state index is -0.593. The van der Waals surface area contributed by atoms with Gasteiger partial charge >= 0.3 is 0 Å². The number of fused-ring (bicyclic) bond motifs is 1. The maximum absolute atomic E-state index is 13.1. The molecule has 0 amide bonds. The minimum Gasteiger partial charge on any atom is -0.490 e. The monoisotopic (exact) mass is 254 g/mol. The van der Waals surface area contributed by atoms with Gasteiger partial charge < -0.3 is 9.84 Å². The van der Waals surface area contributed by atoms with Crippen LogP contribution in [0.3, 0.4) is 0 Å². The molecule has 1 aromatic rings. The van der Waals surface area contributed by atoms with E-state index in [4.69, 9.17) is 4.74 Å². The van der Waals surface area contributed by atoms with E-state index in [-0.39, 0.29) is 11.9 Å². The van der Waals surface area contributed by atoms with E-state index in [2.05, 4.69) is 0 Å². The number of halogens is 1. The van der Waals surface area contributed by atoms with Gasteiger partial charge in [0.15, 0.2) is 0 Å². The first-order valence-corrected chi connectivity index (χ1v) is 7.11. The molecule has 1 aromatic carbocycles. The Bertz CT molecular complexity index is 418. The Morgan fingerprint density at radius 3 is 3.06 bits per heavy atom. The second-order valence-corrected chi connectivity index (χ2v) is 5.86. The Labute approximate surface area is 104 Å². The van der Waals surface area contributed by atoms with Crippen LogP contribution in [0.15, 0.2) is 18.2 Å². The van der Waals surface area contributed by atoms with Crippen molar-refractivity contribution in [3.63, 3.8) is 0 Å². The molecule has 0 aliphatic carbocycles. The third-order valence-electron chi connectivity index (χ3n) is 3.56. The van der Waals surface area contributed by atoms with Crippen LogP contribution in [0.4, 0.5) is 4.39 Å². The molecule has 2 heterocycles. The summed E-state index contributed by atoms with van der Waals surface area (Å²) in [6.07, 6.45) is 1.23. The fourth-order valence-corrected chi connectivity index (χ4v) is 3.90. The smallest absolute Gasteiger partial charge is 0.125 e.